The number of para-hydroxylation sites is 1. The number of thioether (sulfide) groups is 1. The van der Waals surface area contributed by atoms with Crippen LogP contribution < -0.4 is 15.4 Å². The van der Waals surface area contributed by atoms with Crippen LogP contribution in [0.25, 0.3) is 0 Å². The second-order valence-electron chi connectivity index (χ2n) is 9.15. The predicted octanol–water partition coefficient (Wildman–Crippen LogP) is 4.51. The van der Waals surface area contributed by atoms with Gasteiger partial charge in [-0.3, -0.25) is 19.4 Å². The Bertz CT molecular complexity index is 1460. The average Bonchev–Trinajstić information content (AvgIpc) is 3.32. The molecule has 5 rings (SSSR count). The number of amidine groups is 2. The Morgan fingerprint density at radius 3 is 2.50 bits per heavy atom. The van der Waals surface area contributed by atoms with Crippen molar-refractivity contribution in [3.05, 3.63) is 90.0 Å². The fraction of sp³-hybridized carbons (Fsp3) is 0.233. The van der Waals surface area contributed by atoms with E-state index in [1.807, 2.05) is 61.5 Å². The fourth-order valence-corrected chi connectivity index (χ4v) is 5.17. The van der Waals surface area contributed by atoms with Gasteiger partial charge in [-0.2, -0.15) is 0 Å². The van der Waals surface area contributed by atoms with Crippen molar-refractivity contribution in [3.63, 3.8) is 0 Å². The van der Waals surface area contributed by atoms with Gasteiger partial charge in [-0.15, -0.1) is 0 Å². The summed E-state index contributed by atoms with van der Waals surface area (Å²) in [6, 6.07) is 23.5. The first-order valence-electron chi connectivity index (χ1n) is 13.1. The van der Waals surface area contributed by atoms with E-state index in [-0.39, 0.29) is 36.3 Å². The number of carbonyl (C=O) groups excluding carboxylic acids is 3. The van der Waals surface area contributed by atoms with Crippen LogP contribution in [0, 0.1) is 0 Å². The molecule has 3 aromatic rings. The van der Waals surface area contributed by atoms with Gasteiger partial charge in [0.15, 0.2) is 5.17 Å². The molecule has 40 heavy (non-hydrogen) atoms. The molecule has 0 aromatic heterocycles. The topological polar surface area (TPSA) is 112 Å². The molecule has 3 aromatic carbocycles. The molecule has 0 spiro atoms. The molecule has 204 valence electrons. The lowest BCUT2D eigenvalue weighted by Crippen LogP contribution is -2.41. The number of benzene rings is 3. The minimum atomic E-state index is -0.702. The molecule has 2 N–H and O–H groups in total. The van der Waals surface area contributed by atoms with Gasteiger partial charge in [0.1, 0.15) is 17.6 Å². The highest BCUT2D eigenvalue weighted by Gasteiger charge is 2.41. The van der Waals surface area contributed by atoms with E-state index in [0.29, 0.717) is 35.5 Å². The summed E-state index contributed by atoms with van der Waals surface area (Å²) in [5.74, 6) is 0.660. The molecule has 2 heterocycles. The minimum Gasteiger partial charge on any atom is -0.494 e. The third kappa shape index (κ3) is 6.40. The van der Waals surface area contributed by atoms with Crippen LogP contribution in [-0.4, -0.2) is 52.0 Å². The van der Waals surface area contributed by atoms with Crippen LogP contribution in [-0.2, 0) is 20.9 Å². The van der Waals surface area contributed by atoms with Crippen molar-refractivity contribution < 1.29 is 19.1 Å². The summed E-state index contributed by atoms with van der Waals surface area (Å²) in [5, 5.41) is 6.14. The first-order valence-corrected chi connectivity index (χ1v) is 14.1. The SMILES string of the molecule is CCOc1ccc(NC(=O)CSC2=Nc3ccccc3C3=NC(CCC(=O)NCc4ccccc4)C(=O)N23)cc1. The van der Waals surface area contributed by atoms with Gasteiger partial charge in [-0.25, -0.2) is 9.89 Å². The Morgan fingerprint density at radius 2 is 1.73 bits per heavy atom. The summed E-state index contributed by atoms with van der Waals surface area (Å²) in [6.45, 7) is 2.90. The van der Waals surface area contributed by atoms with Crippen molar-refractivity contribution >= 4 is 51.9 Å². The zero-order valence-corrected chi connectivity index (χ0v) is 22.8. The largest absolute Gasteiger partial charge is 0.494 e. The smallest absolute Gasteiger partial charge is 0.259 e. The molecular weight excluding hydrogens is 526 g/mol. The number of fused-ring (bicyclic) bond motifs is 3. The second kappa shape index (κ2) is 12.6. The first kappa shape index (κ1) is 27.1. The number of carbonyl (C=O) groups is 3. The molecular formula is C30H29N5O4S. The maximum atomic E-state index is 13.4. The van der Waals surface area contributed by atoms with Gasteiger partial charge >= 0.3 is 0 Å². The van der Waals surface area contributed by atoms with E-state index in [0.717, 1.165) is 16.9 Å². The zero-order chi connectivity index (χ0) is 27.9. The number of nitrogens with one attached hydrogen (secondary N) is 2. The number of hydrogen-bond donors (Lipinski definition) is 2. The predicted molar refractivity (Wildman–Crippen MR) is 157 cm³/mol. The van der Waals surface area contributed by atoms with E-state index >= 15 is 0 Å². The van der Waals surface area contributed by atoms with Crippen LogP contribution in [0.5, 0.6) is 5.75 Å². The summed E-state index contributed by atoms with van der Waals surface area (Å²) in [6.07, 6.45) is 0.442. The molecule has 9 nitrogen and oxygen atoms in total. The summed E-state index contributed by atoms with van der Waals surface area (Å²) in [4.78, 5) is 49.5. The Kier molecular flexibility index (Phi) is 8.56. The van der Waals surface area contributed by atoms with Crippen LogP contribution >= 0.6 is 11.8 Å². The lowest BCUT2D eigenvalue weighted by atomic mass is 10.1. The summed E-state index contributed by atoms with van der Waals surface area (Å²) < 4.78 is 5.44. The molecule has 0 radical (unpaired) electrons. The molecule has 0 aliphatic carbocycles. The van der Waals surface area contributed by atoms with Crippen molar-refractivity contribution in [2.24, 2.45) is 9.98 Å². The van der Waals surface area contributed by atoms with E-state index in [1.165, 1.54) is 16.7 Å². The van der Waals surface area contributed by atoms with Gasteiger partial charge in [0.05, 0.1) is 18.0 Å². The standard InChI is InChI=1S/C30H29N5O4S/c1-2-39-22-14-12-21(13-15-22)32-27(37)19-40-30-34-24-11-7-6-10-23(24)28-33-25(29(38)35(28)30)16-17-26(36)31-18-20-8-4-3-5-9-20/h3-15,25H,2,16-19H2,1H3,(H,31,36)(H,32,37). The van der Waals surface area contributed by atoms with Crippen molar-refractivity contribution in [2.45, 2.75) is 32.4 Å². The number of rotatable bonds is 10. The normalized spacial score (nSPS) is 15.5. The second-order valence-corrected chi connectivity index (χ2v) is 10.1. The molecule has 2 aliphatic heterocycles. The number of anilines is 1. The van der Waals surface area contributed by atoms with Crippen molar-refractivity contribution in [2.75, 3.05) is 17.7 Å². The Balaban J connectivity index is 1.22. The average molecular weight is 556 g/mol. The monoisotopic (exact) mass is 555 g/mol. The van der Waals surface area contributed by atoms with Gasteiger partial charge in [-0.1, -0.05) is 54.2 Å². The summed E-state index contributed by atoms with van der Waals surface area (Å²) in [5.41, 5.74) is 3.08. The Morgan fingerprint density at radius 1 is 0.975 bits per heavy atom. The van der Waals surface area contributed by atoms with Gasteiger partial charge in [0.2, 0.25) is 11.8 Å². The fourth-order valence-electron chi connectivity index (χ4n) is 4.37. The molecule has 0 bridgehead atoms. The van der Waals surface area contributed by atoms with Crippen molar-refractivity contribution in [1.82, 2.24) is 10.2 Å². The first-order chi connectivity index (χ1) is 19.5. The summed E-state index contributed by atoms with van der Waals surface area (Å²) >= 11 is 1.17. The highest BCUT2D eigenvalue weighted by atomic mass is 32.2. The third-order valence-corrected chi connectivity index (χ3v) is 7.25. The number of ether oxygens (including phenoxy) is 1. The molecule has 10 heteroatoms. The van der Waals surface area contributed by atoms with Gasteiger partial charge in [-0.05, 0) is 55.3 Å². The lowest BCUT2D eigenvalue weighted by Gasteiger charge is -2.25. The van der Waals surface area contributed by atoms with Crippen LogP contribution in [0.3, 0.4) is 0 Å². The summed E-state index contributed by atoms with van der Waals surface area (Å²) in [7, 11) is 0. The van der Waals surface area contributed by atoms with E-state index in [1.54, 1.807) is 24.3 Å². The van der Waals surface area contributed by atoms with Gasteiger partial charge < -0.3 is 15.4 Å². The minimum absolute atomic E-state index is 0.0534. The molecule has 2 aliphatic rings. The van der Waals surface area contributed by atoms with E-state index in [9.17, 15) is 14.4 Å². The number of amides is 3. The third-order valence-electron chi connectivity index (χ3n) is 6.31. The molecule has 1 atom stereocenters. The van der Waals surface area contributed by atoms with E-state index in [2.05, 4.69) is 15.6 Å². The highest BCUT2D eigenvalue weighted by molar-refractivity contribution is 8.14. The zero-order valence-electron chi connectivity index (χ0n) is 22.0. The number of aliphatic imine (C=N–C) groups is 2. The van der Waals surface area contributed by atoms with Crippen LogP contribution in [0.4, 0.5) is 11.4 Å². The highest BCUT2D eigenvalue weighted by Crippen LogP contribution is 2.34. The molecule has 0 fully saturated rings. The molecule has 0 saturated heterocycles. The Hall–Kier alpha value is -4.44. The quantitative estimate of drug-likeness (QED) is 0.382. The molecule has 0 saturated carbocycles. The Labute approximate surface area is 236 Å². The number of nitrogens with zero attached hydrogens (tertiary/aromatic N) is 3. The van der Waals surface area contributed by atoms with Crippen LogP contribution in [0.1, 0.15) is 30.9 Å². The maximum Gasteiger partial charge on any atom is 0.259 e. The number of hydrogen-bond acceptors (Lipinski definition) is 7. The molecule has 1 unspecified atom stereocenters. The lowest BCUT2D eigenvalue weighted by molar-refractivity contribution is -0.125. The van der Waals surface area contributed by atoms with E-state index < -0.39 is 6.04 Å². The van der Waals surface area contributed by atoms with Gasteiger partial charge in [0.25, 0.3) is 5.91 Å². The van der Waals surface area contributed by atoms with Crippen molar-refractivity contribution in [1.29, 1.82) is 0 Å². The van der Waals surface area contributed by atoms with Crippen LogP contribution in [0.2, 0.25) is 0 Å². The van der Waals surface area contributed by atoms with Crippen LogP contribution in [0.15, 0.2) is 88.8 Å². The van der Waals surface area contributed by atoms with Gasteiger partial charge in [0, 0.05) is 24.2 Å². The molecule has 3 amide bonds. The van der Waals surface area contributed by atoms with Crippen molar-refractivity contribution in [3.8, 4) is 5.75 Å². The van der Waals surface area contributed by atoms with E-state index in [4.69, 9.17) is 9.73 Å². The maximum absolute atomic E-state index is 13.4.